The van der Waals surface area contributed by atoms with Crippen molar-refractivity contribution in [1.29, 1.82) is 0 Å². The molecule has 3 N–H and O–H groups in total. The standard InChI is InChI=1S/C27H33N7O/c1-20(35)32-24-6-4-21(5-7-24)16-28-23-10-13-33(14-11-23)12-2-3-22-17-29-27-9-8-25(15-26(22)27)34-18-30-31-19-34/h4-9,15,17-19,23,28-29H,2-3,10-14,16H2,1H3,(H,32,35). The Bertz CT molecular complexity index is 1240. The van der Waals surface area contributed by atoms with E-state index in [-0.39, 0.29) is 5.91 Å². The van der Waals surface area contributed by atoms with Gasteiger partial charge in [-0.25, -0.2) is 0 Å². The van der Waals surface area contributed by atoms with Gasteiger partial charge in [0.1, 0.15) is 12.7 Å². The predicted octanol–water partition coefficient (Wildman–Crippen LogP) is 3.89. The third kappa shape index (κ3) is 5.96. The fourth-order valence-electron chi connectivity index (χ4n) is 4.89. The van der Waals surface area contributed by atoms with Crippen LogP contribution in [0.5, 0.6) is 0 Å². The largest absolute Gasteiger partial charge is 0.361 e. The van der Waals surface area contributed by atoms with Gasteiger partial charge in [-0.2, -0.15) is 0 Å². The molecule has 1 aliphatic rings. The molecule has 0 radical (unpaired) electrons. The molecular weight excluding hydrogens is 438 g/mol. The Hall–Kier alpha value is -3.49. The van der Waals surface area contributed by atoms with Crippen LogP contribution in [0.1, 0.15) is 37.3 Å². The van der Waals surface area contributed by atoms with Gasteiger partial charge < -0.3 is 20.5 Å². The molecule has 0 bridgehead atoms. The summed E-state index contributed by atoms with van der Waals surface area (Å²) in [5.74, 6) is -0.0402. The van der Waals surface area contributed by atoms with E-state index in [1.807, 2.05) is 16.7 Å². The fourth-order valence-corrected chi connectivity index (χ4v) is 4.89. The van der Waals surface area contributed by atoms with Crippen molar-refractivity contribution in [1.82, 2.24) is 30.0 Å². The van der Waals surface area contributed by atoms with Gasteiger partial charge in [-0.05, 0) is 86.8 Å². The molecule has 0 atom stereocenters. The first kappa shape index (κ1) is 23.3. The van der Waals surface area contributed by atoms with Gasteiger partial charge in [-0.1, -0.05) is 12.1 Å². The van der Waals surface area contributed by atoms with Crippen LogP contribution in [0, 0.1) is 0 Å². The summed E-state index contributed by atoms with van der Waals surface area (Å²) in [5.41, 5.74) is 5.72. The number of piperidine rings is 1. The van der Waals surface area contributed by atoms with Crippen LogP contribution in [-0.4, -0.2) is 56.2 Å². The number of nitrogens with one attached hydrogen (secondary N) is 3. The number of rotatable bonds is 9. The number of aromatic nitrogens is 4. The normalized spacial score (nSPS) is 15.0. The SMILES string of the molecule is CC(=O)Nc1ccc(CNC2CCN(CCCc3c[nH]c4ccc(-n5cnnc5)cc34)CC2)cc1. The number of amides is 1. The van der Waals surface area contributed by atoms with Crippen molar-refractivity contribution in [2.24, 2.45) is 0 Å². The van der Waals surface area contributed by atoms with Crippen LogP contribution in [0.25, 0.3) is 16.6 Å². The van der Waals surface area contributed by atoms with Crippen molar-refractivity contribution in [3.05, 3.63) is 72.4 Å². The zero-order valence-electron chi connectivity index (χ0n) is 20.2. The number of carbonyl (C=O) groups excluding carboxylic acids is 1. The number of aromatic amines is 1. The summed E-state index contributed by atoms with van der Waals surface area (Å²) in [6, 6.07) is 15.1. The van der Waals surface area contributed by atoms with Crippen LogP contribution in [-0.2, 0) is 17.8 Å². The molecule has 35 heavy (non-hydrogen) atoms. The second-order valence-electron chi connectivity index (χ2n) is 9.39. The van der Waals surface area contributed by atoms with Crippen molar-refractivity contribution >= 4 is 22.5 Å². The summed E-state index contributed by atoms with van der Waals surface area (Å²) < 4.78 is 1.94. The Morgan fingerprint density at radius 2 is 1.86 bits per heavy atom. The minimum absolute atomic E-state index is 0.0402. The summed E-state index contributed by atoms with van der Waals surface area (Å²) in [6.45, 7) is 5.81. The first-order valence-electron chi connectivity index (χ1n) is 12.4. The highest BCUT2D eigenvalue weighted by molar-refractivity contribution is 5.88. The van der Waals surface area contributed by atoms with E-state index in [4.69, 9.17) is 0 Å². The van der Waals surface area contributed by atoms with Crippen molar-refractivity contribution in [2.75, 3.05) is 25.0 Å². The van der Waals surface area contributed by atoms with E-state index in [9.17, 15) is 4.79 Å². The average Bonchev–Trinajstić information content (AvgIpc) is 3.54. The first-order chi connectivity index (χ1) is 17.1. The number of fused-ring (bicyclic) bond motifs is 1. The molecule has 5 rings (SSSR count). The highest BCUT2D eigenvalue weighted by atomic mass is 16.1. The molecule has 8 heteroatoms. The molecule has 2 aromatic heterocycles. The summed E-state index contributed by atoms with van der Waals surface area (Å²) in [6.07, 6.45) is 10.2. The number of aryl methyl sites for hydroxylation is 1. The molecule has 3 heterocycles. The number of H-pyrrole nitrogens is 1. The zero-order valence-corrected chi connectivity index (χ0v) is 20.2. The average molecular weight is 472 g/mol. The first-order valence-corrected chi connectivity index (χ1v) is 12.4. The number of nitrogens with zero attached hydrogens (tertiary/aromatic N) is 4. The summed E-state index contributed by atoms with van der Waals surface area (Å²) in [4.78, 5) is 17.2. The van der Waals surface area contributed by atoms with Gasteiger partial charge in [0, 0.05) is 48.0 Å². The van der Waals surface area contributed by atoms with E-state index in [1.165, 1.54) is 41.8 Å². The Morgan fingerprint density at radius 3 is 2.60 bits per heavy atom. The van der Waals surface area contributed by atoms with Crippen LogP contribution >= 0.6 is 0 Å². The van der Waals surface area contributed by atoms with E-state index in [2.05, 4.69) is 67.2 Å². The van der Waals surface area contributed by atoms with Crippen LogP contribution < -0.4 is 10.6 Å². The lowest BCUT2D eigenvalue weighted by Crippen LogP contribution is -2.42. The third-order valence-corrected chi connectivity index (χ3v) is 6.85. The lowest BCUT2D eigenvalue weighted by atomic mass is 10.0. The third-order valence-electron chi connectivity index (χ3n) is 6.85. The number of hydrogen-bond donors (Lipinski definition) is 3. The van der Waals surface area contributed by atoms with Gasteiger partial charge >= 0.3 is 0 Å². The van der Waals surface area contributed by atoms with Gasteiger partial charge in [0.15, 0.2) is 0 Å². The van der Waals surface area contributed by atoms with Crippen molar-refractivity contribution < 1.29 is 4.79 Å². The molecule has 1 fully saturated rings. The molecule has 1 amide bonds. The van der Waals surface area contributed by atoms with Crippen LogP contribution in [0.15, 0.2) is 61.3 Å². The molecule has 182 valence electrons. The quantitative estimate of drug-likeness (QED) is 0.345. The molecule has 0 unspecified atom stereocenters. The maximum atomic E-state index is 11.2. The van der Waals surface area contributed by atoms with E-state index >= 15 is 0 Å². The molecular formula is C27H33N7O. The minimum Gasteiger partial charge on any atom is -0.361 e. The highest BCUT2D eigenvalue weighted by Crippen LogP contribution is 2.23. The molecule has 1 saturated heterocycles. The van der Waals surface area contributed by atoms with Crippen LogP contribution in [0.2, 0.25) is 0 Å². The van der Waals surface area contributed by atoms with Crippen LogP contribution in [0.3, 0.4) is 0 Å². The highest BCUT2D eigenvalue weighted by Gasteiger charge is 2.18. The van der Waals surface area contributed by atoms with E-state index < -0.39 is 0 Å². The molecule has 2 aromatic carbocycles. The molecule has 0 aliphatic carbocycles. The Morgan fingerprint density at radius 1 is 1.09 bits per heavy atom. The Kier molecular flexibility index (Phi) is 7.20. The lowest BCUT2D eigenvalue weighted by Gasteiger charge is -2.32. The number of likely N-dealkylation sites (tertiary alicyclic amines) is 1. The number of benzene rings is 2. The monoisotopic (exact) mass is 471 g/mol. The molecule has 8 nitrogen and oxygen atoms in total. The number of hydrogen-bond acceptors (Lipinski definition) is 5. The molecule has 0 saturated carbocycles. The van der Waals surface area contributed by atoms with Crippen molar-refractivity contribution in [3.63, 3.8) is 0 Å². The summed E-state index contributed by atoms with van der Waals surface area (Å²) in [5, 5.41) is 15.6. The van der Waals surface area contributed by atoms with Gasteiger partial charge in [-0.15, -0.1) is 10.2 Å². The number of anilines is 1. The Labute approximate surface area is 205 Å². The summed E-state index contributed by atoms with van der Waals surface area (Å²) in [7, 11) is 0. The van der Waals surface area contributed by atoms with E-state index in [0.29, 0.717) is 6.04 Å². The van der Waals surface area contributed by atoms with Gasteiger partial charge in [-0.3, -0.25) is 9.36 Å². The lowest BCUT2D eigenvalue weighted by molar-refractivity contribution is -0.114. The molecule has 0 spiro atoms. The van der Waals surface area contributed by atoms with E-state index in [0.717, 1.165) is 50.4 Å². The second-order valence-corrected chi connectivity index (χ2v) is 9.39. The van der Waals surface area contributed by atoms with Gasteiger partial charge in [0.2, 0.25) is 5.91 Å². The minimum atomic E-state index is -0.0402. The fraction of sp³-hybridized carbons (Fsp3) is 0.370. The van der Waals surface area contributed by atoms with Crippen LogP contribution in [0.4, 0.5) is 5.69 Å². The zero-order chi connectivity index (χ0) is 24.0. The van der Waals surface area contributed by atoms with Crippen molar-refractivity contribution in [3.8, 4) is 5.69 Å². The maximum Gasteiger partial charge on any atom is 0.221 e. The van der Waals surface area contributed by atoms with E-state index in [1.54, 1.807) is 12.7 Å². The number of carbonyl (C=O) groups is 1. The van der Waals surface area contributed by atoms with Crippen molar-refractivity contribution in [2.45, 2.75) is 45.2 Å². The predicted molar refractivity (Wildman–Crippen MR) is 139 cm³/mol. The summed E-state index contributed by atoms with van der Waals surface area (Å²) >= 11 is 0. The maximum absolute atomic E-state index is 11.2. The van der Waals surface area contributed by atoms with Gasteiger partial charge in [0.25, 0.3) is 0 Å². The van der Waals surface area contributed by atoms with Gasteiger partial charge in [0.05, 0.1) is 0 Å². The smallest absolute Gasteiger partial charge is 0.221 e. The molecule has 1 aliphatic heterocycles. The topological polar surface area (TPSA) is 90.9 Å². The second kappa shape index (κ2) is 10.8. The Balaban J connectivity index is 1.05. The molecule has 4 aromatic rings.